The highest BCUT2D eigenvalue weighted by Crippen LogP contribution is 2.32. The fourth-order valence-corrected chi connectivity index (χ4v) is 3.80. The molecule has 4 nitrogen and oxygen atoms in total. The monoisotopic (exact) mass is 426 g/mol. The maximum Gasteiger partial charge on any atom is 0.342 e. The van der Waals surface area contributed by atoms with Gasteiger partial charge in [0.2, 0.25) is 0 Å². The predicted molar refractivity (Wildman–Crippen MR) is 127 cm³/mol. The van der Waals surface area contributed by atoms with E-state index in [-0.39, 0.29) is 18.0 Å². The Balaban J connectivity index is 2.31. The Labute approximate surface area is 187 Å². The van der Waals surface area contributed by atoms with E-state index in [1.165, 1.54) is 0 Å². The number of ether oxygens (including phenoxy) is 2. The van der Waals surface area contributed by atoms with E-state index in [2.05, 4.69) is 13.8 Å². The van der Waals surface area contributed by atoms with Crippen LogP contribution in [0.1, 0.15) is 95.8 Å². The van der Waals surface area contributed by atoms with E-state index in [0.717, 1.165) is 68.6 Å². The summed E-state index contributed by atoms with van der Waals surface area (Å²) in [5, 5.41) is 1.68. The Bertz CT molecular complexity index is 842. The van der Waals surface area contributed by atoms with Crippen LogP contribution in [0.15, 0.2) is 36.4 Å². The van der Waals surface area contributed by atoms with Crippen LogP contribution in [0.25, 0.3) is 10.8 Å². The molecule has 2 aromatic carbocycles. The van der Waals surface area contributed by atoms with Gasteiger partial charge in [-0.25, -0.2) is 4.79 Å². The zero-order chi connectivity index (χ0) is 22.6. The molecule has 2 unspecified atom stereocenters. The standard InChI is InChI=1S/C27H38O4/c1-5-8-10-16-22(15-9-6-2)30-27(29)24-19-18-21-14-11-12-17-23(21)25(24)31-26(28)20(4)13-7-3/h11-12,14,17-20,22H,5-10,13,15-16H2,1-4H3. The minimum Gasteiger partial charge on any atom is -0.459 e. The third-order valence-corrected chi connectivity index (χ3v) is 5.71. The Morgan fingerprint density at radius 2 is 1.55 bits per heavy atom. The topological polar surface area (TPSA) is 52.6 Å². The van der Waals surface area contributed by atoms with Gasteiger partial charge in [-0.05, 0) is 37.1 Å². The van der Waals surface area contributed by atoms with Crippen molar-refractivity contribution in [2.24, 2.45) is 5.92 Å². The zero-order valence-electron chi connectivity index (χ0n) is 19.6. The third-order valence-electron chi connectivity index (χ3n) is 5.71. The fourth-order valence-electron chi connectivity index (χ4n) is 3.80. The summed E-state index contributed by atoms with van der Waals surface area (Å²) in [5.74, 6) is -0.620. The lowest BCUT2D eigenvalue weighted by Gasteiger charge is -2.20. The Hall–Kier alpha value is -2.36. The molecule has 0 saturated carbocycles. The van der Waals surface area contributed by atoms with E-state index in [1.54, 1.807) is 6.07 Å². The van der Waals surface area contributed by atoms with E-state index in [4.69, 9.17) is 9.47 Å². The molecule has 0 aliphatic rings. The maximum atomic E-state index is 13.2. The number of hydrogen-bond acceptors (Lipinski definition) is 4. The molecule has 0 aliphatic carbocycles. The number of esters is 2. The van der Waals surface area contributed by atoms with Crippen LogP contribution in [0.2, 0.25) is 0 Å². The molecule has 0 amide bonds. The van der Waals surface area contributed by atoms with Crippen molar-refractivity contribution in [2.75, 3.05) is 0 Å². The summed E-state index contributed by atoms with van der Waals surface area (Å²) in [6, 6.07) is 11.3. The summed E-state index contributed by atoms with van der Waals surface area (Å²) in [5.41, 5.74) is 0.327. The zero-order valence-corrected chi connectivity index (χ0v) is 19.6. The van der Waals surface area contributed by atoms with Crippen molar-refractivity contribution < 1.29 is 19.1 Å². The first kappa shape index (κ1) is 24.9. The van der Waals surface area contributed by atoms with Gasteiger partial charge in [0.1, 0.15) is 11.7 Å². The van der Waals surface area contributed by atoms with Gasteiger partial charge in [0, 0.05) is 5.39 Å². The lowest BCUT2D eigenvalue weighted by Crippen LogP contribution is -2.22. The average molecular weight is 427 g/mol. The molecule has 0 radical (unpaired) electrons. The van der Waals surface area contributed by atoms with E-state index in [0.29, 0.717) is 11.3 Å². The second-order valence-electron chi connectivity index (χ2n) is 8.44. The molecular weight excluding hydrogens is 388 g/mol. The molecule has 2 atom stereocenters. The highest BCUT2D eigenvalue weighted by Gasteiger charge is 2.24. The van der Waals surface area contributed by atoms with Crippen molar-refractivity contribution in [1.29, 1.82) is 0 Å². The van der Waals surface area contributed by atoms with Gasteiger partial charge >= 0.3 is 11.9 Å². The van der Waals surface area contributed by atoms with Gasteiger partial charge < -0.3 is 9.47 Å². The summed E-state index contributed by atoms with van der Waals surface area (Å²) in [7, 11) is 0. The van der Waals surface area contributed by atoms with Gasteiger partial charge in [-0.2, -0.15) is 0 Å². The van der Waals surface area contributed by atoms with Crippen LogP contribution < -0.4 is 4.74 Å². The summed E-state index contributed by atoms with van der Waals surface area (Å²) in [6.07, 6.45) is 8.69. The minimum atomic E-state index is -0.408. The van der Waals surface area contributed by atoms with Crippen LogP contribution >= 0.6 is 0 Å². The molecular formula is C27H38O4. The molecule has 0 bridgehead atoms. The van der Waals surface area contributed by atoms with Crippen molar-refractivity contribution in [3.63, 3.8) is 0 Å². The summed E-state index contributed by atoms with van der Waals surface area (Å²) < 4.78 is 11.7. The van der Waals surface area contributed by atoms with Crippen molar-refractivity contribution in [2.45, 2.75) is 91.6 Å². The van der Waals surface area contributed by atoms with Gasteiger partial charge in [-0.1, -0.05) is 90.1 Å². The molecule has 0 spiro atoms. The highest BCUT2D eigenvalue weighted by molar-refractivity contribution is 6.02. The van der Waals surface area contributed by atoms with Crippen LogP contribution in [-0.4, -0.2) is 18.0 Å². The molecule has 2 rings (SSSR count). The molecule has 4 heteroatoms. The third kappa shape index (κ3) is 7.37. The minimum absolute atomic E-state index is 0.104. The SMILES string of the molecule is CCCCCC(CCCC)OC(=O)c1ccc2ccccc2c1OC(=O)C(C)CCC. The van der Waals surface area contributed by atoms with E-state index in [9.17, 15) is 9.59 Å². The molecule has 0 heterocycles. The summed E-state index contributed by atoms with van der Waals surface area (Å²) in [4.78, 5) is 25.9. The van der Waals surface area contributed by atoms with E-state index in [1.807, 2.05) is 44.2 Å². The van der Waals surface area contributed by atoms with Crippen molar-refractivity contribution in [3.8, 4) is 5.75 Å². The molecule has 0 aliphatic heterocycles. The molecule has 0 N–H and O–H groups in total. The first-order valence-electron chi connectivity index (χ1n) is 12.0. The highest BCUT2D eigenvalue weighted by atomic mass is 16.6. The van der Waals surface area contributed by atoms with Crippen molar-refractivity contribution in [3.05, 3.63) is 42.0 Å². The van der Waals surface area contributed by atoms with Crippen molar-refractivity contribution >= 4 is 22.7 Å². The van der Waals surface area contributed by atoms with Gasteiger partial charge in [0.15, 0.2) is 5.75 Å². The van der Waals surface area contributed by atoms with Crippen LogP contribution in [0.4, 0.5) is 0 Å². The lowest BCUT2D eigenvalue weighted by molar-refractivity contribution is -0.138. The average Bonchev–Trinajstić information content (AvgIpc) is 2.77. The van der Waals surface area contributed by atoms with E-state index < -0.39 is 5.97 Å². The number of fused-ring (bicyclic) bond motifs is 1. The number of carbonyl (C=O) groups is 2. The number of rotatable bonds is 13. The largest absolute Gasteiger partial charge is 0.459 e. The molecule has 0 aromatic heterocycles. The summed E-state index contributed by atoms with van der Waals surface area (Å²) >= 11 is 0. The summed E-state index contributed by atoms with van der Waals surface area (Å²) in [6.45, 7) is 8.22. The first-order chi connectivity index (χ1) is 15.0. The molecule has 170 valence electrons. The number of carbonyl (C=O) groups excluding carboxylic acids is 2. The maximum absolute atomic E-state index is 13.2. The Morgan fingerprint density at radius 3 is 2.26 bits per heavy atom. The fraction of sp³-hybridized carbons (Fsp3) is 0.556. The van der Waals surface area contributed by atoms with Gasteiger partial charge in [-0.15, -0.1) is 0 Å². The normalized spacial score (nSPS) is 13.0. The Morgan fingerprint density at radius 1 is 0.839 bits per heavy atom. The first-order valence-corrected chi connectivity index (χ1v) is 12.0. The predicted octanol–water partition coefficient (Wildman–Crippen LogP) is 7.48. The Kier molecular flexibility index (Phi) is 10.6. The van der Waals surface area contributed by atoms with Crippen molar-refractivity contribution in [1.82, 2.24) is 0 Å². The number of unbranched alkanes of at least 4 members (excludes halogenated alkanes) is 3. The van der Waals surface area contributed by atoms with E-state index >= 15 is 0 Å². The van der Waals surface area contributed by atoms with Gasteiger partial charge in [0.25, 0.3) is 0 Å². The quantitative estimate of drug-likeness (QED) is 0.189. The second-order valence-corrected chi connectivity index (χ2v) is 8.44. The molecule has 2 aromatic rings. The molecule has 0 fully saturated rings. The van der Waals surface area contributed by atoms with Gasteiger partial charge in [0.05, 0.1) is 5.92 Å². The lowest BCUT2D eigenvalue weighted by atomic mass is 10.0. The van der Waals surface area contributed by atoms with Crippen LogP contribution in [0.3, 0.4) is 0 Å². The number of benzene rings is 2. The smallest absolute Gasteiger partial charge is 0.342 e. The number of hydrogen-bond donors (Lipinski definition) is 0. The van der Waals surface area contributed by atoms with Crippen LogP contribution in [-0.2, 0) is 9.53 Å². The van der Waals surface area contributed by atoms with Crippen LogP contribution in [0, 0.1) is 5.92 Å². The van der Waals surface area contributed by atoms with Crippen LogP contribution in [0.5, 0.6) is 5.75 Å². The molecule has 0 saturated heterocycles. The molecule has 31 heavy (non-hydrogen) atoms. The van der Waals surface area contributed by atoms with Gasteiger partial charge in [-0.3, -0.25) is 4.79 Å². The second kappa shape index (κ2) is 13.1.